The second-order valence-corrected chi connectivity index (χ2v) is 6.70. The standard InChI is InChI=1S/C19H26N2O5/c1-26-14-19(18(24)25)9-5-11-21(13-19)17(23)8-10-20-16(22)12-15-6-3-2-4-7-15/h2-4,6-7H,5,8-14H2,1H3,(H,20,22)(H,24,25). The summed E-state index contributed by atoms with van der Waals surface area (Å²) in [6, 6.07) is 9.38. The van der Waals surface area contributed by atoms with Crippen LogP contribution in [-0.4, -0.2) is 61.1 Å². The summed E-state index contributed by atoms with van der Waals surface area (Å²) in [5, 5.41) is 12.3. The second kappa shape index (κ2) is 9.33. The fourth-order valence-corrected chi connectivity index (χ4v) is 3.29. The summed E-state index contributed by atoms with van der Waals surface area (Å²) < 4.78 is 5.07. The molecule has 1 aromatic rings. The summed E-state index contributed by atoms with van der Waals surface area (Å²) >= 11 is 0. The molecule has 1 saturated heterocycles. The van der Waals surface area contributed by atoms with Gasteiger partial charge < -0.3 is 20.1 Å². The highest BCUT2D eigenvalue weighted by Gasteiger charge is 2.43. The number of methoxy groups -OCH3 is 1. The van der Waals surface area contributed by atoms with Crippen LogP contribution in [0.1, 0.15) is 24.8 Å². The number of likely N-dealkylation sites (tertiary alicyclic amines) is 1. The Bertz CT molecular complexity index is 630. The van der Waals surface area contributed by atoms with E-state index >= 15 is 0 Å². The molecule has 1 atom stereocenters. The summed E-state index contributed by atoms with van der Waals surface area (Å²) in [5.74, 6) is -1.22. The summed E-state index contributed by atoms with van der Waals surface area (Å²) in [6.07, 6.45) is 1.55. The number of amides is 2. The van der Waals surface area contributed by atoms with Crippen molar-refractivity contribution in [2.45, 2.75) is 25.7 Å². The van der Waals surface area contributed by atoms with Crippen LogP contribution in [0.3, 0.4) is 0 Å². The van der Waals surface area contributed by atoms with Gasteiger partial charge in [-0.2, -0.15) is 0 Å². The van der Waals surface area contributed by atoms with E-state index in [0.29, 0.717) is 19.4 Å². The maximum Gasteiger partial charge on any atom is 0.313 e. The van der Waals surface area contributed by atoms with Gasteiger partial charge in [-0.05, 0) is 18.4 Å². The molecule has 1 fully saturated rings. The average molecular weight is 362 g/mol. The van der Waals surface area contributed by atoms with Crippen LogP contribution in [0.15, 0.2) is 30.3 Å². The number of nitrogens with one attached hydrogen (secondary N) is 1. The molecule has 2 N–H and O–H groups in total. The van der Waals surface area contributed by atoms with Crippen LogP contribution < -0.4 is 5.32 Å². The van der Waals surface area contributed by atoms with Crippen molar-refractivity contribution in [3.8, 4) is 0 Å². The molecule has 2 rings (SSSR count). The van der Waals surface area contributed by atoms with Crippen LogP contribution in [-0.2, 0) is 25.5 Å². The van der Waals surface area contributed by atoms with Crippen molar-refractivity contribution in [3.05, 3.63) is 35.9 Å². The van der Waals surface area contributed by atoms with E-state index in [4.69, 9.17) is 4.74 Å². The zero-order valence-electron chi connectivity index (χ0n) is 15.1. The van der Waals surface area contributed by atoms with Crippen molar-refractivity contribution in [2.75, 3.05) is 33.4 Å². The van der Waals surface area contributed by atoms with Crippen molar-refractivity contribution < 1.29 is 24.2 Å². The fraction of sp³-hybridized carbons (Fsp3) is 0.526. The van der Waals surface area contributed by atoms with Gasteiger partial charge in [-0.15, -0.1) is 0 Å². The highest BCUT2D eigenvalue weighted by atomic mass is 16.5. The van der Waals surface area contributed by atoms with Gasteiger partial charge in [-0.1, -0.05) is 30.3 Å². The van der Waals surface area contributed by atoms with Crippen molar-refractivity contribution in [1.29, 1.82) is 0 Å². The number of carbonyl (C=O) groups is 3. The predicted molar refractivity (Wildman–Crippen MR) is 95.5 cm³/mol. The minimum Gasteiger partial charge on any atom is -0.481 e. The first-order valence-corrected chi connectivity index (χ1v) is 8.77. The van der Waals surface area contributed by atoms with Crippen LogP contribution in [0.5, 0.6) is 0 Å². The Balaban J connectivity index is 1.80. The molecule has 0 saturated carbocycles. The van der Waals surface area contributed by atoms with Crippen LogP contribution >= 0.6 is 0 Å². The molecule has 1 aromatic carbocycles. The number of carboxylic acid groups (broad SMARTS) is 1. The number of nitrogens with zero attached hydrogens (tertiary/aromatic N) is 1. The highest BCUT2D eigenvalue weighted by Crippen LogP contribution is 2.31. The van der Waals surface area contributed by atoms with Gasteiger partial charge in [0, 0.05) is 33.2 Å². The van der Waals surface area contributed by atoms with E-state index in [1.807, 2.05) is 30.3 Å². The normalized spacial score (nSPS) is 19.8. The van der Waals surface area contributed by atoms with E-state index < -0.39 is 11.4 Å². The Morgan fingerprint density at radius 1 is 1.27 bits per heavy atom. The molecule has 142 valence electrons. The molecule has 1 unspecified atom stereocenters. The van der Waals surface area contributed by atoms with E-state index in [1.165, 1.54) is 7.11 Å². The van der Waals surface area contributed by atoms with E-state index in [-0.39, 0.29) is 44.4 Å². The van der Waals surface area contributed by atoms with Crippen molar-refractivity contribution >= 4 is 17.8 Å². The van der Waals surface area contributed by atoms with E-state index in [2.05, 4.69) is 5.32 Å². The molecule has 1 aliphatic heterocycles. The largest absolute Gasteiger partial charge is 0.481 e. The van der Waals surface area contributed by atoms with Gasteiger partial charge in [0.15, 0.2) is 0 Å². The molecule has 0 radical (unpaired) electrons. The monoisotopic (exact) mass is 362 g/mol. The Labute approximate surface area is 153 Å². The first kappa shape index (κ1) is 19.9. The van der Waals surface area contributed by atoms with E-state index in [1.54, 1.807) is 4.90 Å². The number of ether oxygens (including phenoxy) is 1. The number of rotatable bonds is 8. The maximum absolute atomic E-state index is 12.4. The number of hydrogen-bond donors (Lipinski definition) is 2. The first-order valence-electron chi connectivity index (χ1n) is 8.77. The van der Waals surface area contributed by atoms with Crippen molar-refractivity contribution in [2.24, 2.45) is 5.41 Å². The topological polar surface area (TPSA) is 95.9 Å². The van der Waals surface area contributed by atoms with Gasteiger partial charge in [0.1, 0.15) is 5.41 Å². The lowest BCUT2D eigenvalue weighted by Gasteiger charge is -2.39. The number of benzene rings is 1. The third-order valence-corrected chi connectivity index (χ3v) is 4.67. The lowest BCUT2D eigenvalue weighted by Crippen LogP contribution is -2.52. The molecule has 0 aliphatic carbocycles. The van der Waals surface area contributed by atoms with Crippen LogP contribution in [0.4, 0.5) is 0 Å². The quantitative estimate of drug-likeness (QED) is 0.721. The van der Waals surface area contributed by atoms with Crippen molar-refractivity contribution in [1.82, 2.24) is 10.2 Å². The Morgan fingerprint density at radius 2 is 2.00 bits per heavy atom. The third-order valence-electron chi connectivity index (χ3n) is 4.67. The van der Waals surface area contributed by atoms with Gasteiger partial charge in [-0.3, -0.25) is 14.4 Å². The molecule has 0 spiro atoms. The molecular formula is C19H26N2O5. The molecule has 2 amide bonds. The maximum atomic E-state index is 12.4. The highest BCUT2D eigenvalue weighted by molar-refractivity contribution is 5.81. The lowest BCUT2D eigenvalue weighted by molar-refractivity contribution is -0.159. The smallest absolute Gasteiger partial charge is 0.313 e. The molecule has 1 heterocycles. The minimum absolute atomic E-state index is 0.0833. The Hall–Kier alpha value is -2.41. The fourth-order valence-electron chi connectivity index (χ4n) is 3.29. The van der Waals surface area contributed by atoms with Crippen molar-refractivity contribution in [3.63, 3.8) is 0 Å². The second-order valence-electron chi connectivity index (χ2n) is 6.70. The Kier molecular flexibility index (Phi) is 7.15. The summed E-state index contributed by atoms with van der Waals surface area (Å²) in [5.41, 5.74) is -0.127. The van der Waals surface area contributed by atoms with Crippen LogP contribution in [0.2, 0.25) is 0 Å². The third kappa shape index (κ3) is 5.29. The van der Waals surface area contributed by atoms with E-state index in [0.717, 1.165) is 5.56 Å². The summed E-state index contributed by atoms with van der Waals surface area (Å²) in [4.78, 5) is 37.5. The molecular weight excluding hydrogens is 336 g/mol. The van der Waals surface area contributed by atoms with Gasteiger partial charge in [-0.25, -0.2) is 0 Å². The zero-order chi connectivity index (χ0) is 19.0. The number of piperidine rings is 1. The summed E-state index contributed by atoms with van der Waals surface area (Å²) in [6.45, 7) is 1.01. The SMILES string of the molecule is COCC1(C(=O)O)CCCN(C(=O)CCNC(=O)Cc2ccccc2)C1. The number of carbonyl (C=O) groups excluding carboxylic acids is 2. The van der Waals surface area contributed by atoms with Gasteiger partial charge in [0.25, 0.3) is 0 Å². The van der Waals surface area contributed by atoms with Gasteiger partial charge >= 0.3 is 5.97 Å². The number of aliphatic carboxylic acids is 1. The molecule has 0 aromatic heterocycles. The molecule has 26 heavy (non-hydrogen) atoms. The summed E-state index contributed by atoms with van der Waals surface area (Å²) in [7, 11) is 1.47. The zero-order valence-corrected chi connectivity index (χ0v) is 15.1. The minimum atomic E-state index is -1.04. The van der Waals surface area contributed by atoms with Crippen LogP contribution in [0, 0.1) is 5.41 Å². The molecule has 7 nitrogen and oxygen atoms in total. The molecule has 0 bridgehead atoms. The van der Waals surface area contributed by atoms with Gasteiger partial charge in [0.2, 0.25) is 11.8 Å². The van der Waals surface area contributed by atoms with Crippen LogP contribution in [0.25, 0.3) is 0 Å². The molecule has 7 heteroatoms. The predicted octanol–water partition coefficient (Wildman–Crippen LogP) is 1.08. The Morgan fingerprint density at radius 3 is 2.65 bits per heavy atom. The van der Waals surface area contributed by atoms with Gasteiger partial charge in [0.05, 0.1) is 13.0 Å². The lowest BCUT2D eigenvalue weighted by atomic mass is 9.80. The number of carboxylic acids is 1. The first-order chi connectivity index (χ1) is 12.5. The average Bonchev–Trinajstić information content (AvgIpc) is 2.62. The number of hydrogen-bond acceptors (Lipinski definition) is 4. The van der Waals surface area contributed by atoms with E-state index in [9.17, 15) is 19.5 Å². The molecule has 1 aliphatic rings.